The number of aromatic carboxylic acids is 1. The van der Waals surface area contributed by atoms with E-state index in [1.807, 2.05) is 0 Å². The summed E-state index contributed by atoms with van der Waals surface area (Å²) in [6.45, 7) is 0.641. The van der Waals surface area contributed by atoms with Crippen molar-refractivity contribution in [1.29, 1.82) is 0 Å². The molecule has 0 aliphatic carbocycles. The van der Waals surface area contributed by atoms with Crippen LogP contribution in [0.2, 0.25) is 0 Å². The van der Waals surface area contributed by atoms with Crippen molar-refractivity contribution in [2.24, 2.45) is 0 Å². The minimum atomic E-state index is -1.12. The van der Waals surface area contributed by atoms with Gasteiger partial charge in [-0.2, -0.15) is 0 Å². The number of carboxylic acids is 1. The number of methoxy groups -OCH3 is 1. The minimum Gasteiger partial charge on any atom is -0.478 e. The summed E-state index contributed by atoms with van der Waals surface area (Å²) in [5.74, 6) is -0.853. The van der Waals surface area contributed by atoms with Crippen molar-refractivity contribution in [2.45, 2.75) is 11.3 Å². The zero-order valence-corrected chi connectivity index (χ0v) is 9.72. The lowest BCUT2D eigenvalue weighted by atomic mass is 10.2. The van der Waals surface area contributed by atoms with Crippen LogP contribution in [0.3, 0.4) is 0 Å². The van der Waals surface area contributed by atoms with Crippen LogP contribution in [0.5, 0.6) is 0 Å². The average Bonchev–Trinajstić information content (AvgIpc) is 2.26. The summed E-state index contributed by atoms with van der Waals surface area (Å²) in [6, 6.07) is 3.95. The Morgan fingerprint density at radius 2 is 2.31 bits per heavy atom. The molecule has 1 aromatic rings. The Morgan fingerprint density at radius 1 is 1.56 bits per heavy atom. The van der Waals surface area contributed by atoms with E-state index in [9.17, 15) is 9.18 Å². The molecule has 0 radical (unpaired) electrons. The monoisotopic (exact) mass is 244 g/mol. The Labute approximate surface area is 97.6 Å². The number of carbonyl (C=O) groups is 1. The summed E-state index contributed by atoms with van der Waals surface area (Å²) in [7, 11) is 1.62. The van der Waals surface area contributed by atoms with Crippen molar-refractivity contribution in [3.05, 3.63) is 29.6 Å². The van der Waals surface area contributed by atoms with E-state index in [1.165, 1.54) is 23.9 Å². The zero-order valence-electron chi connectivity index (χ0n) is 8.90. The van der Waals surface area contributed by atoms with Gasteiger partial charge in [-0.15, -0.1) is 11.8 Å². The zero-order chi connectivity index (χ0) is 12.0. The van der Waals surface area contributed by atoms with E-state index < -0.39 is 11.8 Å². The van der Waals surface area contributed by atoms with Crippen LogP contribution in [-0.2, 0) is 4.74 Å². The molecule has 0 fully saturated rings. The molecule has 88 valence electrons. The van der Waals surface area contributed by atoms with E-state index in [2.05, 4.69) is 0 Å². The smallest absolute Gasteiger partial charge is 0.335 e. The van der Waals surface area contributed by atoms with Gasteiger partial charge in [0, 0.05) is 24.4 Å². The second kappa shape index (κ2) is 6.50. The predicted octanol–water partition coefficient (Wildman–Crippen LogP) is 2.65. The van der Waals surface area contributed by atoms with Crippen molar-refractivity contribution in [2.75, 3.05) is 19.5 Å². The van der Waals surface area contributed by atoms with Crippen LogP contribution in [0, 0.1) is 5.82 Å². The van der Waals surface area contributed by atoms with Crippen molar-refractivity contribution in [3.63, 3.8) is 0 Å². The number of benzene rings is 1. The van der Waals surface area contributed by atoms with Crippen LogP contribution in [0.1, 0.15) is 16.8 Å². The molecule has 5 heteroatoms. The van der Waals surface area contributed by atoms with Gasteiger partial charge in [-0.05, 0) is 24.6 Å². The maximum atomic E-state index is 13.4. The average molecular weight is 244 g/mol. The van der Waals surface area contributed by atoms with Gasteiger partial charge in [-0.3, -0.25) is 0 Å². The second-order valence-electron chi connectivity index (χ2n) is 3.15. The number of rotatable bonds is 6. The van der Waals surface area contributed by atoms with Crippen molar-refractivity contribution < 1.29 is 19.0 Å². The lowest BCUT2D eigenvalue weighted by Crippen LogP contribution is -1.97. The molecule has 0 atom stereocenters. The van der Waals surface area contributed by atoms with Gasteiger partial charge in [-0.25, -0.2) is 9.18 Å². The van der Waals surface area contributed by atoms with Crippen molar-refractivity contribution in [3.8, 4) is 0 Å². The highest BCUT2D eigenvalue weighted by Gasteiger charge is 2.08. The molecular formula is C11H13FO3S. The number of hydrogen-bond donors (Lipinski definition) is 1. The molecule has 0 amide bonds. The summed E-state index contributed by atoms with van der Waals surface area (Å²) in [5, 5.41) is 8.66. The fourth-order valence-corrected chi connectivity index (χ4v) is 1.98. The Balaban J connectivity index is 2.57. The standard InChI is InChI=1S/C11H13FO3S/c1-15-5-2-6-16-10-4-3-8(11(13)14)7-9(10)12/h3-4,7H,2,5-6H2,1H3,(H,13,14). The fraction of sp³-hybridized carbons (Fsp3) is 0.364. The molecule has 0 spiro atoms. The number of ether oxygens (including phenoxy) is 1. The van der Waals surface area contributed by atoms with Gasteiger partial charge in [-0.1, -0.05) is 0 Å². The molecule has 0 unspecified atom stereocenters. The number of thioether (sulfide) groups is 1. The van der Waals surface area contributed by atoms with Crippen molar-refractivity contribution >= 4 is 17.7 Å². The van der Waals surface area contributed by atoms with Gasteiger partial charge in [0.05, 0.1) is 5.56 Å². The quantitative estimate of drug-likeness (QED) is 0.617. The highest BCUT2D eigenvalue weighted by Crippen LogP contribution is 2.23. The van der Waals surface area contributed by atoms with Gasteiger partial charge >= 0.3 is 5.97 Å². The van der Waals surface area contributed by atoms with Crippen LogP contribution < -0.4 is 0 Å². The van der Waals surface area contributed by atoms with E-state index in [0.717, 1.165) is 18.2 Å². The fourth-order valence-electron chi connectivity index (χ4n) is 1.14. The topological polar surface area (TPSA) is 46.5 Å². The Kier molecular flexibility index (Phi) is 5.28. The van der Waals surface area contributed by atoms with E-state index in [-0.39, 0.29) is 5.56 Å². The number of halogens is 1. The second-order valence-corrected chi connectivity index (χ2v) is 4.28. The molecule has 0 aliphatic rings. The van der Waals surface area contributed by atoms with Crippen LogP contribution in [0.15, 0.2) is 23.1 Å². The van der Waals surface area contributed by atoms with Crippen LogP contribution >= 0.6 is 11.8 Å². The van der Waals surface area contributed by atoms with Gasteiger partial charge in [0.2, 0.25) is 0 Å². The molecule has 0 saturated carbocycles. The maximum absolute atomic E-state index is 13.4. The van der Waals surface area contributed by atoms with Gasteiger partial charge in [0.15, 0.2) is 0 Å². The van der Waals surface area contributed by atoms with E-state index in [1.54, 1.807) is 7.11 Å². The Hall–Kier alpha value is -1.07. The van der Waals surface area contributed by atoms with Gasteiger partial charge in [0.25, 0.3) is 0 Å². The molecule has 0 aromatic heterocycles. The molecular weight excluding hydrogens is 231 g/mol. The van der Waals surface area contributed by atoms with E-state index in [4.69, 9.17) is 9.84 Å². The molecule has 3 nitrogen and oxygen atoms in total. The molecule has 1 N–H and O–H groups in total. The Bertz CT molecular complexity index is 368. The van der Waals surface area contributed by atoms with E-state index >= 15 is 0 Å². The Morgan fingerprint density at radius 3 is 2.88 bits per heavy atom. The first kappa shape index (κ1) is 13.0. The summed E-state index contributed by atoms with van der Waals surface area (Å²) in [5.41, 5.74) is -0.0289. The molecule has 16 heavy (non-hydrogen) atoms. The molecule has 1 rings (SSSR count). The predicted molar refractivity (Wildman–Crippen MR) is 60.6 cm³/mol. The third-order valence-corrected chi connectivity index (χ3v) is 3.06. The first-order valence-corrected chi connectivity index (χ1v) is 5.78. The van der Waals surface area contributed by atoms with Crippen LogP contribution in [-0.4, -0.2) is 30.5 Å². The highest BCUT2D eigenvalue weighted by molar-refractivity contribution is 7.99. The van der Waals surface area contributed by atoms with Gasteiger partial charge < -0.3 is 9.84 Å². The van der Waals surface area contributed by atoms with E-state index in [0.29, 0.717) is 11.5 Å². The minimum absolute atomic E-state index is 0.0289. The summed E-state index contributed by atoms with van der Waals surface area (Å²) >= 11 is 1.36. The van der Waals surface area contributed by atoms with Gasteiger partial charge in [0.1, 0.15) is 5.82 Å². The lowest BCUT2D eigenvalue weighted by molar-refractivity contribution is 0.0696. The normalized spacial score (nSPS) is 10.4. The summed E-state index contributed by atoms with van der Waals surface area (Å²) in [4.78, 5) is 11.0. The molecule has 0 bridgehead atoms. The summed E-state index contributed by atoms with van der Waals surface area (Å²) in [6.07, 6.45) is 0.835. The number of hydrogen-bond acceptors (Lipinski definition) is 3. The SMILES string of the molecule is COCCCSc1ccc(C(=O)O)cc1F. The molecule has 0 aliphatic heterocycles. The third-order valence-electron chi connectivity index (χ3n) is 1.93. The van der Waals surface area contributed by atoms with Crippen molar-refractivity contribution in [1.82, 2.24) is 0 Å². The third kappa shape index (κ3) is 3.83. The van der Waals surface area contributed by atoms with Crippen LogP contribution in [0.25, 0.3) is 0 Å². The first-order valence-electron chi connectivity index (χ1n) is 4.79. The summed E-state index contributed by atoms with van der Waals surface area (Å²) < 4.78 is 18.3. The molecule has 0 saturated heterocycles. The lowest BCUT2D eigenvalue weighted by Gasteiger charge is -2.03. The number of carboxylic acid groups (broad SMARTS) is 1. The largest absolute Gasteiger partial charge is 0.478 e. The maximum Gasteiger partial charge on any atom is 0.335 e. The first-order chi connectivity index (χ1) is 7.65. The van der Waals surface area contributed by atoms with Crippen LogP contribution in [0.4, 0.5) is 4.39 Å². The molecule has 1 aromatic carbocycles. The molecule has 0 heterocycles. The highest BCUT2D eigenvalue weighted by atomic mass is 32.2.